The minimum Gasteiger partial charge on any atom is -0.368 e. The SMILES string of the molecule is CC(O)OC1CCC2CCCC21. The molecule has 0 aromatic carbocycles. The van der Waals surface area contributed by atoms with E-state index in [0.717, 1.165) is 11.8 Å². The van der Waals surface area contributed by atoms with Crippen molar-refractivity contribution in [1.29, 1.82) is 0 Å². The van der Waals surface area contributed by atoms with Crippen molar-refractivity contribution in [2.75, 3.05) is 0 Å². The van der Waals surface area contributed by atoms with Gasteiger partial charge in [-0.05, 0) is 38.0 Å². The molecule has 0 heterocycles. The molecule has 2 saturated carbocycles. The number of aliphatic hydroxyl groups excluding tert-OH is 1. The van der Waals surface area contributed by atoms with Crippen molar-refractivity contribution in [2.45, 2.75) is 51.4 Å². The van der Waals surface area contributed by atoms with Gasteiger partial charge in [-0.3, -0.25) is 0 Å². The van der Waals surface area contributed by atoms with Crippen molar-refractivity contribution < 1.29 is 9.84 Å². The molecule has 2 rings (SSSR count). The molecule has 2 heteroatoms. The topological polar surface area (TPSA) is 29.5 Å². The molecule has 2 nitrogen and oxygen atoms in total. The summed E-state index contributed by atoms with van der Waals surface area (Å²) in [6, 6.07) is 0. The molecule has 2 aliphatic carbocycles. The molecule has 2 fully saturated rings. The lowest BCUT2D eigenvalue weighted by atomic mass is 9.99. The van der Waals surface area contributed by atoms with Crippen LogP contribution in [0, 0.1) is 11.8 Å². The highest BCUT2D eigenvalue weighted by Crippen LogP contribution is 2.45. The van der Waals surface area contributed by atoms with Crippen molar-refractivity contribution in [2.24, 2.45) is 11.8 Å². The summed E-state index contributed by atoms with van der Waals surface area (Å²) in [5.74, 6) is 1.67. The van der Waals surface area contributed by atoms with Crippen LogP contribution in [0.5, 0.6) is 0 Å². The summed E-state index contributed by atoms with van der Waals surface area (Å²) in [5, 5.41) is 9.11. The summed E-state index contributed by atoms with van der Waals surface area (Å²) in [7, 11) is 0. The zero-order chi connectivity index (χ0) is 8.55. The summed E-state index contributed by atoms with van der Waals surface area (Å²) < 4.78 is 5.48. The second kappa shape index (κ2) is 3.35. The third kappa shape index (κ3) is 1.50. The maximum absolute atomic E-state index is 9.11. The first-order valence-electron chi connectivity index (χ1n) is 5.11. The first-order valence-corrected chi connectivity index (χ1v) is 5.11. The molecule has 0 saturated heterocycles. The van der Waals surface area contributed by atoms with Crippen LogP contribution in [-0.2, 0) is 4.74 Å². The standard InChI is InChI=1S/C10H18O2/c1-7(11)12-10-6-5-8-3-2-4-9(8)10/h7-11H,2-6H2,1H3. The largest absolute Gasteiger partial charge is 0.368 e. The highest BCUT2D eigenvalue weighted by atomic mass is 16.6. The van der Waals surface area contributed by atoms with Crippen LogP contribution in [0.25, 0.3) is 0 Å². The van der Waals surface area contributed by atoms with Crippen molar-refractivity contribution >= 4 is 0 Å². The molecule has 0 amide bonds. The number of ether oxygens (including phenoxy) is 1. The Hall–Kier alpha value is -0.0800. The Bertz CT molecular complexity index is 156. The molecule has 2 aliphatic rings. The predicted octanol–water partition coefficient (Wildman–Crippen LogP) is 1.92. The quantitative estimate of drug-likeness (QED) is 0.641. The molecule has 0 aromatic heterocycles. The van der Waals surface area contributed by atoms with Crippen LogP contribution in [0.2, 0.25) is 0 Å². The van der Waals surface area contributed by atoms with Gasteiger partial charge in [0.05, 0.1) is 6.10 Å². The fourth-order valence-electron chi connectivity index (χ4n) is 2.93. The molecule has 70 valence electrons. The Balaban J connectivity index is 1.91. The molecule has 4 atom stereocenters. The molecular formula is C10H18O2. The van der Waals surface area contributed by atoms with Gasteiger partial charge in [-0.15, -0.1) is 0 Å². The zero-order valence-corrected chi connectivity index (χ0v) is 7.70. The Morgan fingerprint density at radius 3 is 2.83 bits per heavy atom. The smallest absolute Gasteiger partial charge is 0.152 e. The van der Waals surface area contributed by atoms with E-state index in [-0.39, 0.29) is 0 Å². The molecule has 0 bridgehead atoms. The normalized spacial score (nSPS) is 43.0. The molecule has 0 aromatic rings. The summed E-state index contributed by atoms with van der Waals surface area (Å²) in [5.41, 5.74) is 0. The molecular weight excluding hydrogens is 152 g/mol. The van der Waals surface area contributed by atoms with E-state index in [2.05, 4.69) is 0 Å². The Morgan fingerprint density at radius 2 is 2.08 bits per heavy atom. The van der Waals surface area contributed by atoms with E-state index in [4.69, 9.17) is 9.84 Å². The van der Waals surface area contributed by atoms with Gasteiger partial charge in [-0.2, -0.15) is 0 Å². The van der Waals surface area contributed by atoms with Crippen LogP contribution in [-0.4, -0.2) is 17.5 Å². The molecule has 0 aliphatic heterocycles. The molecule has 1 N–H and O–H groups in total. The van der Waals surface area contributed by atoms with Gasteiger partial charge < -0.3 is 9.84 Å². The van der Waals surface area contributed by atoms with Gasteiger partial charge in [0.25, 0.3) is 0 Å². The maximum Gasteiger partial charge on any atom is 0.152 e. The second-order valence-corrected chi connectivity index (χ2v) is 4.21. The maximum atomic E-state index is 9.11. The van der Waals surface area contributed by atoms with Gasteiger partial charge in [0.2, 0.25) is 0 Å². The van der Waals surface area contributed by atoms with Gasteiger partial charge in [-0.1, -0.05) is 12.8 Å². The highest BCUT2D eigenvalue weighted by molar-refractivity contribution is 4.90. The van der Waals surface area contributed by atoms with E-state index >= 15 is 0 Å². The van der Waals surface area contributed by atoms with Crippen LogP contribution >= 0.6 is 0 Å². The van der Waals surface area contributed by atoms with Gasteiger partial charge in [0.1, 0.15) is 0 Å². The fraction of sp³-hybridized carbons (Fsp3) is 1.00. The fourth-order valence-corrected chi connectivity index (χ4v) is 2.93. The minimum absolute atomic E-state index is 0.359. The first kappa shape index (κ1) is 8.52. The van der Waals surface area contributed by atoms with Crippen LogP contribution in [0.15, 0.2) is 0 Å². The van der Waals surface area contributed by atoms with E-state index in [9.17, 15) is 0 Å². The highest BCUT2D eigenvalue weighted by Gasteiger charge is 2.40. The number of hydrogen-bond donors (Lipinski definition) is 1. The van der Waals surface area contributed by atoms with E-state index in [1.807, 2.05) is 0 Å². The lowest BCUT2D eigenvalue weighted by molar-refractivity contribution is -0.134. The minimum atomic E-state index is -0.575. The predicted molar refractivity (Wildman–Crippen MR) is 46.6 cm³/mol. The summed E-state index contributed by atoms with van der Waals surface area (Å²) in [6.45, 7) is 1.71. The molecule has 4 unspecified atom stereocenters. The average molecular weight is 170 g/mol. The van der Waals surface area contributed by atoms with Gasteiger partial charge >= 0.3 is 0 Å². The van der Waals surface area contributed by atoms with Crippen LogP contribution < -0.4 is 0 Å². The Kier molecular flexibility index (Phi) is 2.37. The molecule has 12 heavy (non-hydrogen) atoms. The van der Waals surface area contributed by atoms with Crippen molar-refractivity contribution in [1.82, 2.24) is 0 Å². The summed E-state index contributed by atoms with van der Waals surface area (Å²) in [6.07, 6.45) is 6.36. The molecule has 0 radical (unpaired) electrons. The number of aliphatic hydroxyl groups is 1. The van der Waals surface area contributed by atoms with E-state index in [1.165, 1.54) is 32.1 Å². The van der Waals surface area contributed by atoms with Gasteiger partial charge in [0, 0.05) is 0 Å². The van der Waals surface area contributed by atoms with Crippen LogP contribution in [0.4, 0.5) is 0 Å². The zero-order valence-electron chi connectivity index (χ0n) is 7.70. The second-order valence-electron chi connectivity index (χ2n) is 4.21. The lowest BCUT2D eigenvalue weighted by Crippen LogP contribution is -2.23. The number of fused-ring (bicyclic) bond motifs is 1. The first-order chi connectivity index (χ1) is 5.77. The summed E-state index contributed by atoms with van der Waals surface area (Å²) >= 11 is 0. The number of rotatable bonds is 2. The van der Waals surface area contributed by atoms with Gasteiger partial charge in [0.15, 0.2) is 6.29 Å². The Labute approximate surface area is 73.9 Å². The van der Waals surface area contributed by atoms with E-state index in [1.54, 1.807) is 6.92 Å². The summed E-state index contributed by atoms with van der Waals surface area (Å²) in [4.78, 5) is 0. The van der Waals surface area contributed by atoms with Crippen LogP contribution in [0.1, 0.15) is 39.0 Å². The van der Waals surface area contributed by atoms with E-state index < -0.39 is 6.29 Å². The monoisotopic (exact) mass is 170 g/mol. The van der Waals surface area contributed by atoms with Crippen molar-refractivity contribution in [3.05, 3.63) is 0 Å². The van der Waals surface area contributed by atoms with E-state index in [0.29, 0.717) is 6.10 Å². The third-order valence-corrected chi connectivity index (χ3v) is 3.39. The van der Waals surface area contributed by atoms with Gasteiger partial charge in [-0.25, -0.2) is 0 Å². The van der Waals surface area contributed by atoms with Crippen LogP contribution in [0.3, 0.4) is 0 Å². The average Bonchev–Trinajstić information content (AvgIpc) is 2.52. The number of hydrogen-bond acceptors (Lipinski definition) is 2. The lowest BCUT2D eigenvalue weighted by Gasteiger charge is -2.20. The molecule has 0 spiro atoms. The van der Waals surface area contributed by atoms with Crippen molar-refractivity contribution in [3.8, 4) is 0 Å². The van der Waals surface area contributed by atoms with Crippen molar-refractivity contribution in [3.63, 3.8) is 0 Å². The third-order valence-electron chi connectivity index (χ3n) is 3.39. The Morgan fingerprint density at radius 1 is 1.25 bits per heavy atom.